The maximum Gasteiger partial charge on any atom is 0.132 e. The zero-order valence-corrected chi connectivity index (χ0v) is 10.9. The summed E-state index contributed by atoms with van der Waals surface area (Å²) in [5.41, 5.74) is 1.98. The molecule has 0 bridgehead atoms. The summed E-state index contributed by atoms with van der Waals surface area (Å²) in [5, 5.41) is 15.0. The van der Waals surface area contributed by atoms with Crippen LogP contribution < -0.4 is 10.6 Å². The largest absolute Gasteiger partial charge is 0.370 e. The van der Waals surface area contributed by atoms with Crippen LogP contribution in [0.15, 0.2) is 42.5 Å². The first-order valence-corrected chi connectivity index (χ1v) is 6.25. The van der Waals surface area contributed by atoms with E-state index >= 15 is 0 Å². The molecular formula is C15H16N4. The zero-order chi connectivity index (χ0) is 13.5. The molecule has 4 nitrogen and oxygen atoms in total. The highest BCUT2D eigenvalue weighted by atomic mass is 15.1. The number of benzene rings is 1. The Hall–Kier alpha value is -2.54. The van der Waals surface area contributed by atoms with Gasteiger partial charge in [-0.1, -0.05) is 18.2 Å². The van der Waals surface area contributed by atoms with E-state index in [1.807, 2.05) is 49.4 Å². The number of hydrogen-bond acceptors (Lipinski definition) is 4. The van der Waals surface area contributed by atoms with Crippen LogP contribution in [0.5, 0.6) is 0 Å². The summed E-state index contributed by atoms with van der Waals surface area (Å²) in [7, 11) is 0. The van der Waals surface area contributed by atoms with E-state index < -0.39 is 0 Å². The van der Waals surface area contributed by atoms with Gasteiger partial charge in [-0.2, -0.15) is 5.26 Å². The van der Waals surface area contributed by atoms with E-state index in [0.717, 1.165) is 29.4 Å². The maximum absolute atomic E-state index is 8.62. The summed E-state index contributed by atoms with van der Waals surface area (Å²) >= 11 is 0. The molecule has 1 heterocycles. The first-order valence-electron chi connectivity index (χ1n) is 6.25. The quantitative estimate of drug-likeness (QED) is 0.857. The highest BCUT2D eigenvalue weighted by Crippen LogP contribution is 2.17. The molecule has 4 heteroatoms. The number of hydrogen-bond donors (Lipinski definition) is 2. The van der Waals surface area contributed by atoms with E-state index in [1.54, 1.807) is 0 Å². The number of pyridine rings is 1. The lowest BCUT2D eigenvalue weighted by Crippen LogP contribution is -2.01. The Kier molecular flexibility index (Phi) is 4.35. The molecule has 0 fully saturated rings. The minimum Gasteiger partial charge on any atom is -0.370 e. The second kappa shape index (κ2) is 6.41. The van der Waals surface area contributed by atoms with Gasteiger partial charge in [-0.3, -0.25) is 0 Å². The zero-order valence-electron chi connectivity index (χ0n) is 10.9. The molecule has 0 unspecified atom stereocenters. The van der Waals surface area contributed by atoms with Crippen LogP contribution in [0.4, 0.5) is 17.3 Å². The van der Waals surface area contributed by atoms with E-state index in [9.17, 15) is 0 Å². The molecule has 1 aromatic carbocycles. The third-order valence-corrected chi connectivity index (χ3v) is 2.62. The summed E-state index contributed by atoms with van der Waals surface area (Å²) < 4.78 is 0. The van der Waals surface area contributed by atoms with Crippen molar-refractivity contribution in [1.82, 2.24) is 4.98 Å². The van der Waals surface area contributed by atoms with Gasteiger partial charge in [0.1, 0.15) is 11.6 Å². The van der Waals surface area contributed by atoms with Gasteiger partial charge in [0.2, 0.25) is 0 Å². The molecule has 2 rings (SSSR count). The Morgan fingerprint density at radius 3 is 2.53 bits per heavy atom. The molecule has 0 aliphatic carbocycles. The standard InChI is InChI=1S/C15H16N4/c1-2-17-14-4-3-5-15(19-14)18-13-8-6-12(7-9-13)10-11-16/h3-9H,2,10H2,1H3,(H2,17,18,19). The molecule has 0 spiro atoms. The highest BCUT2D eigenvalue weighted by molar-refractivity contribution is 5.58. The molecule has 19 heavy (non-hydrogen) atoms. The molecule has 0 radical (unpaired) electrons. The molecule has 2 N–H and O–H groups in total. The van der Waals surface area contributed by atoms with Gasteiger partial charge >= 0.3 is 0 Å². The summed E-state index contributed by atoms with van der Waals surface area (Å²) in [6, 6.07) is 15.7. The molecule has 0 aliphatic rings. The molecule has 0 saturated heterocycles. The van der Waals surface area contributed by atoms with Crippen LogP contribution in [0.25, 0.3) is 0 Å². The van der Waals surface area contributed by atoms with Gasteiger partial charge in [-0.15, -0.1) is 0 Å². The Morgan fingerprint density at radius 1 is 1.11 bits per heavy atom. The molecule has 0 atom stereocenters. The van der Waals surface area contributed by atoms with E-state index in [-0.39, 0.29) is 0 Å². The summed E-state index contributed by atoms with van der Waals surface area (Å²) in [6.07, 6.45) is 0.439. The van der Waals surface area contributed by atoms with Gasteiger partial charge in [0.25, 0.3) is 0 Å². The van der Waals surface area contributed by atoms with Crippen LogP contribution in [-0.2, 0) is 6.42 Å². The van der Waals surface area contributed by atoms with E-state index in [2.05, 4.69) is 21.7 Å². The van der Waals surface area contributed by atoms with Crippen molar-refractivity contribution in [2.75, 3.05) is 17.2 Å². The third-order valence-electron chi connectivity index (χ3n) is 2.62. The normalized spacial score (nSPS) is 9.68. The van der Waals surface area contributed by atoms with Crippen molar-refractivity contribution in [3.8, 4) is 6.07 Å². The summed E-state index contributed by atoms with van der Waals surface area (Å²) in [5.74, 6) is 1.65. The maximum atomic E-state index is 8.62. The number of rotatable bonds is 5. The van der Waals surface area contributed by atoms with Crippen molar-refractivity contribution in [3.63, 3.8) is 0 Å². The van der Waals surface area contributed by atoms with Gasteiger partial charge in [0.05, 0.1) is 12.5 Å². The van der Waals surface area contributed by atoms with E-state index in [4.69, 9.17) is 5.26 Å². The van der Waals surface area contributed by atoms with Gasteiger partial charge < -0.3 is 10.6 Å². The first kappa shape index (κ1) is 12.9. The van der Waals surface area contributed by atoms with Crippen molar-refractivity contribution < 1.29 is 0 Å². The van der Waals surface area contributed by atoms with Crippen LogP contribution in [0, 0.1) is 11.3 Å². The highest BCUT2D eigenvalue weighted by Gasteiger charge is 1.98. The molecule has 96 valence electrons. The molecular weight excluding hydrogens is 236 g/mol. The average Bonchev–Trinajstić information content (AvgIpc) is 2.42. The van der Waals surface area contributed by atoms with Crippen LogP contribution in [0.2, 0.25) is 0 Å². The Bertz CT molecular complexity index is 569. The fourth-order valence-corrected chi connectivity index (χ4v) is 1.73. The first-order chi connectivity index (χ1) is 9.31. The Labute approximate surface area is 113 Å². The lowest BCUT2D eigenvalue weighted by molar-refractivity contribution is 1.16. The van der Waals surface area contributed by atoms with Crippen LogP contribution in [0.3, 0.4) is 0 Å². The molecule has 0 aliphatic heterocycles. The third kappa shape index (κ3) is 3.71. The van der Waals surface area contributed by atoms with Crippen molar-refractivity contribution in [2.45, 2.75) is 13.3 Å². The Morgan fingerprint density at radius 2 is 1.84 bits per heavy atom. The number of nitriles is 1. The minimum atomic E-state index is 0.439. The van der Waals surface area contributed by atoms with Gasteiger partial charge in [0, 0.05) is 12.2 Å². The lowest BCUT2D eigenvalue weighted by atomic mass is 10.1. The van der Waals surface area contributed by atoms with Crippen molar-refractivity contribution in [2.24, 2.45) is 0 Å². The molecule has 1 aromatic heterocycles. The summed E-state index contributed by atoms with van der Waals surface area (Å²) in [6.45, 7) is 2.88. The van der Waals surface area contributed by atoms with Gasteiger partial charge in [-0.05, 0) is 36.8 Å². The SMILES string of the molecule is CCNc1cccc(Nc2ccc(CC#N)cc2)n1. The second-order valence-electron chi connectivity index (χ2n) is 4.10. The van der Waals surface area contributed by atoms with Crippen LogP contribution in [0.1, 0.15) is 12.5 Å². The van der Waals surface area contributed by atoms with Crippen molar-refractivity contribution in [1.29, 1.82) is 5.26 Å². The molecule has 2 aromatic rings. The van der Waals surface area contributed by atoms with Crippen LogP contribution in [-0.4, -0.2) is 11.5 Å². The predicted octanol–water partition coefficient (Wildman–Crippen LogP) is 3.32. The Balaban J connectivity index is 2.08. The predicted molar refractivity (Wildman–Crippen MR) is 77.4 cm³/mol. The molecule has 0 amide bonds. The number of nitrogens with zero attached hydrogens (tertiary/aromatic N) is 2. The van der Waals surface area contributed by atoms with Gasteiger partial charge in [-0.25, -0.2) is 4.98 Å². The summed E-state index contributed by atoms with van der Waals surface area (Å²) in [4.78, 5) is 4.44. The number of anilines is 3. The number of nitrogens with one attached hydrogen (secondary N) is 2. The van der Waals surface area contributed by atoms with Crippen LogP contribution >= 0.6 is 0 Å². The minimum absolute atomic E-state index is 0.439. The van der Waals surface area contributed by atoms with E-state index in [0.29, 0.717) is 6.42 Å². The monoisotopic (exact) mass is 252 g/mol. The second-order valence-corrected chi connectivity index (χ2v) is 4.10. The number of aromatic nitrogens is 1. The lowest BCUT2D eigenvalue weighted by Gasteiger charge is -2.08. The smallest absolute Gasteiger partial charge is 0.132 e. The van der Waals surface area contributed by atoms with E-state index in [1.165, 1.54) is 0 Å². The van der Waals surface area contributed by atoms with Crippen molar-refractivity contribution in [3.05, 3.63) is 48.0 Å². The topological polar surface area (TPSA) is 60.7 Å². The van der Waals surface area contributed by atoms with Gasteiger partial charge in [0.15, 0.2) is 0 Å². The average molecular weight is 252 g/mol. The fourth-order valence-electron chi connectivity index (χ4n) is 1.73. The van der Waals surface area contributed by atoms with Crippen molar-refractivity contribution >= 4 is 17.3 Å². The molecule has 0 saturated carbocycles. The fraction of sp³-hybridized carbons (Fsp3) is 0.200.